The third-order valence-electron chi connectivity index (χ3n) is 1.68. The fourth-order valence-electron chi connectivity index (χ4n) is 1.03. The third kappa shape index (κ3) is 2.02. The van der Waals surface area contributed by atoms with Crippen LogP contribution in [0.25, 0.3) is 0 Å². The highest BCUT2D eigenvalue weighted by atomic mass is 19.3. The van der Waals surface area contributed by atoms with Crippen LogP contribution in [0.3, 0.4) is 0 Å². The molecule has 1 aromatic rings. The lowest BCUT2D eigenvalue weighted by Gasteiger charge is -2.01. The van der Waals surface area contributed by atoms with Crippen LogP contribution in [0, 0.1) is 10.1 Å². The number of H-pyrrole nitrogens is 1. The third-order valence-corrected chi connectivity index (χ3v) is 1.68. The van der Waals surface area contributed by atoms with Gasteiger partial charge in [0, 0.05) is 0 Å². The topological polar surface area (TPSA) is 113 Å². The van der Waals surface area contributed by atoms with Crippen molar-refractivity contribution >= 4 is 11.7 Å². The van der Waals surface area contributed by atoms with E-state index in [0.717, 1.165) is 0 Å². The smallest absolute Gasteiger partial charge is 0.348 e. The second kappa shape index (κ2) is 4.04. The molecule has 1 heterocycles. The van der Waals surface area contributed by atoms with Crippen LogP contribution in [-0.4, -0.2) is 21.0 Å². The molecular formula is C7H4F2N2O5. The summed E-state index contributed by atoms with van der Waals surface area (Å²) in [5.74, 6) is -1.82. The van der Waals surface area contributed by atoms with E-state index in [1.54, 1.807) is 4.98 Å². The highest BCUT2D eigenvalue weighted by Gasteiger charge is 2.27. The minimum Gasteiger partial charge on any atom is -0.477 e. The number of carbonyl (C=O) groups is 1. The van der Waals surface area contributed by atoms with Crippen LogP contribution in [-0.2, 0) is 0 Å². The summed E-state index contributed by atoms with van der Waals surface area (Å²) in [6.07, 6.45) is -3.12. The summed E-state index contributed by atoms with van der Waals surface area (Å²) >= 11 is 0. The van der Waals surface area contributed by atoms with Crippen molar-refractivity contribution in [3.63, 3.8) is 0 Å². The number of halogens is 2. The Morgan fingerprint density at radius 2 is 2.12 bits per heavy atom. The molecule has 0 bridgehead atoms. The summed E-state index contributed by atoms with van der Waals surface area (Å²) in [5.41, 5.74) is -4.78. The van der Waals surface area contributed by atoms with Gasteiger partial charge in [-0.1, -0.05) is 0 Å². The first-order valence-electron chi connectivity index (χ1n) is 3.77. The molecule has 1 rings (SSSR count). The van der Waals surface area contributed by atoms with Crippen molar-refractivity contribution in [1.82, 2.24) is 4.98 Å². The summed E-state index contributed by atoms with van der Waals surface area (Å²) in [6, 6.07) is 0.368. The maximum Gasteiger partial charge on any atom is 0.348 e. The summed E-state index contributed by atoms with van der Waals surface area (Å²) in [4.78, 5) is 32.2. The molecular weight excluding hydrogens is 230 g/mol. The molecule has 0 fully saturated rings. The standard InChI is InChI=1S/C7H4F2N2O5/c8-5(9)3-1-2(7(13)14)4(11(15)16)6(12)10-3/h1,5H,(H,10,12)(H,13,14). The zero-order valence-electron chi connectivity index (χ0n) is 7.44. The highest BCUT2D eigenvalue weighted by molar-refractivity contribution is 5.92. The minimum absolute atomic E-state index is 0.368. The number of nitrogens with one attached hydrogen (secondary N) is 1. The summed E-state index contributed by atoms with van der Waals surface area (Å²) in [5, 5.41) is 18.9. The molecule has 1 aromatic heterocycles. The van der Waals surface area contributed by atoms with Crippen LogP contribution in [0.5, 0.6) is 0 Å². The normalized spacial score (nSPS) is 10.4. The van der Waals surface area contributed by atoms with E-state index in [4.69, 9.17) is 5.11 Å². The van der Waals surface area contributed by atoms with Crippen molar-refractivity contribution < 1.29 is 23.6 Å². The van der Waals surface area contributed by atoms with E-state index in [1.807, 2.05) is 0 Å². The van der Waals surface area contributed by atoms with Crippen molar-refractivity contribution in [1.29, 1.82) is 0 Å². The number of aromatic nitrogens is 1. The second-order valence-electron chi connectivity index (χ2n) is 2.68. The maximum atomic E-state index is 12.2. The van der Waals surface area contributed by atoms with Gasteiger partial charge in [0.15, 0.2) is 0 Å². The highest BCUT2D eigenvalue weighted by Crippen LogP contribution is 2.20. The molecule has 16 heavy (non-hydrogen) atoms. The van der Waals surface area contributed by atoms with Crippen LogP contribution < -0.4 is 5.56 Å². The van der Waals surface area contributed by atoms with E-state index in [2.05, 4.69) is 0 Å². The Kier molecular flexibility index (Phi) is 2.97. The molecule has 0 spiro atoms. The Hall–Kier alpha value is -2.32. The first kappa shape index (κ1) is 11.8. The number of aromatic carboxylic acids is 1. The Morgan fingerprint density at radius 3 is 2.50 bits per heavy atom. The summed E-state index contributed by atoms with van der Waals surface area (Å²) < 4.78 is 24.4. The van der Waals surface area contributed by atoms with Gasteiger partial charge in [0.25, 0.3) is 6.43 Å². The Bertz CT molecular complexity index is 510. The van der Waals surface area contributed by atoms with Crippen LogP contribution in [0.15, 0.2) is 10.9 Å². The SMILES string of the molecule is O=C(O)c1cc(C(F)F)[nH]c(=O)c1[N+](=O)[O-]. The maximum absolute atomic E-state index is 12.2. The molecule has 0 unspecified atom stereocenters. The van der Waals surface area contributed by atoms with E-state index >= 15 is 0 Å². The molecule has 0 aliphatic rings. The van der Waals surface area contributed by atoms with Crippen molar-refractivity contribution in [3.8, 4) is 0 Å². The number of nitrogens with zero attached hydrogens (tertiary/aromatic N) is 1. The van der Waals surface area contributed by atoms with E-state index in [-0.39, 0.29) is 0 Å². The zero-order chi connectivity index (χ0) is 12.5. The van der Waals surface area contributed by atoms with Gasteiger partial charge in [-0.25, -0.2) is 13.6 Å². The molecule has 0 saturated carbocycles. The van der Waals surface area contributed by atoms with E-state index < -0.39 is 39.8 Å². The molecule has 0 atom stereocenters. The fourth-order valence-corrected chi connectivity index (χ4v) is 1.03. The average molecular weight is 234 g/mol. The van der Waals surface area contributed by atoms with Crippen LogP contribution in [0.4, 0.5) is 14.5 Å². The van der Waals surface area contributed by atoms with Gasteiger partial charge in [0.1, 0.15) is 5.56 Å². The lowest BCUT2D eigenvalue weighted by molar-refractivity contribution is -0.386. The van der Waals surface area contributed by atoms with Crippen molar-refractivity contribution in [2.24, 2.45) is 0 Å². The number of nitro groups is 1. The number of hydrogen-bond acceptors (Lipinski definition) is 4. The summed E-state index contributed by atoms with van der Waals surface area (Å²) in [6.45, 7) is 0. The van der Waals surface area contributed by atoms with Crippen LogP contribution >= 0.6 is 0 Å². The molecule has 0 saturated heterocycles. The van der Waals surface area contributed by atoms with Gasteiger partial charge in [0.05, 0.1) is 10.6 Å². The van der Waals surface area contributed by atoms with E-state index in [9.17, 15) is 28.5 Å². The molecule has 2 N–H and O–H groups in total. The second-order valence-corrected chi connectivity index (χ2v) is 2.68. The van der Waals surface area contributed by atoms with Gasteiger partial charge in [-0.2, -0.15) is 0 Å². The number of rotatable bonds is 3. The molecule has 7 nitrogen and oxygen atoms in total. The Morgan fingerprint density at radius 1 is 1.56 bits per heavy atom. The first-order valence-corrected chi connectivity index (χ1v) is 3.77. The number of alkyl halides is 2. The van der Waals surface area contributed by atoms with Gasteiger partial charge in [-0.3, -0.25) is 14.9 Å². The number of pyridine rings is 1. The predicted molar refractivity (Wildman–Crippen MR) is 45.6 cm³/mol. The lowest BCUT2D eigenvalue weighted by Crippen LogP contribution is -2.19. The van der Waals surface area contributed by atoms with E-state index in [0.29, 0.717) is 6.07 Å². The molecule has 86 valence electrons. The van der Waals surface area contributed by atoms with Crippen molar-refractivity contribution in [3.05, 3.63) is 37.8 Å². The van der Waals surface area contributed by atoms with Gasteiger partial charge in [-0.15, -0.1) is 0 Å². The van der Waals surface area contributed by atoms with Gasteiger partial charge in [0.2, 0.25) is 0 Å². The fraction of sp³-hybridized carbons (Fsp3) is 0.143. The number of hydrogen-bond donors (Lipinski definition) is 2. The Balaban J connectivity index is 3.59. The average Bonchev–Trinajstić information content (AvgIpc) is 2.15. The quantitative estimate of drug-likeness (QED) is 0.596. The molecule has 0 radical (unpaired) electrons. The number of aromatic amines is 1. The molecule has 0 aromatic carbocycles. The van der Waals surface area contributed by atoms with Gasteiger partial charge in [-0.05, 0) is 6.07 Å². The number of carboxylic acid groups (broad SMARTS) is 1. The monoisotopic (exact) mass is 234 g/mol. The van der Waals surface area contributed by atoms with E-state index in [1.165, 1.54) is 0 Å². The molecule has 0 amide bonds. The van der Waals surface area contributed by atoms with Gasteiger partial charge >= 0.3 is 17.2 Å². The lowest BCUT2D eigenvalue weighted by atomic mass is 10.2. The molecule has 0 aliphatic carbocycles. The van der Waals surface area contributed by atoms with Crippen LogP contribution in [0.2, 0.25) is 0 Å². The largest absolute Gasteiger partial charge is 0.477 e. The first-order chi connectivity index (χ1) is 7.34. The Labute approximate surface area is 85.5 Å². The molecule has 0 aliphatic heterocycles. The van der Waals surface area contributed by atoms with Gasteiger partial charge < -0.3 is 10.1 Å². The minimum atomic E-state index is -3.12. The van der Waals surface area contributed by atoms with Crippen LogP contribution in [0.1, 0.15) is 22.5 Å². The van der Waals surface area contributed by atoms with Crippen molar-refractivity contribution in [2.75, 3.05) is 0 Å². The predicted octanol–water partition coefficient (Wildman–Crippen LogP) is 0.919. The summed E-state index contributed by atoms with van der Waals surface area (Å²) in [7, 11) is 0. The zero-order valence-corrected chi connectivity index (χ0v) is 7.44. The molecule has 9 heteroatoms. The number of carboxylic acids is 1. The van der Waals surface area contributed by atoms with Crippen molar-refractivity contribution in [2.45, 2.75) is 6.43 Å².